The average molecular weight is 190 g/mol. The van der Waals surface area contributed by atoms with E-state index in [0.717, 1.165) is 11.3 Å². The fourth-order valence-corrected chi connectivity index (χ4v) is 1.14. The summed E-state index contributed by atoms with van der Waals surface area (Å²) in [5, 5.41) is 6.53. The standard InChI is InChI=1S/C8H10N6/c1-5-2-7(14-9)13-8(12-5)6-3-10-11-4-6/h2-4H,9H2,1H3,(H,10,11)(H,12,13,14). The lowest BCUT2D eigenvalue weighted by molar-refractivity contribution is 1.09. The molecule has 0 aliphatic rings. The lowest BCUT2D eigenvalue weighted by atomic mass is 10.3. The lowest BCUT2D eigenvalue weighted by Crippen LogP contribution is -2.09. The van der Waals surface area contributed by atoms with Crippen LogP contribution in [-0.2, 0) is 0 Å². The quantitative estimate of drug-likeness (QED) is 0.472. The Balaban J connectivity index is 2.48. The van der Waals surface area contributed by atoms with Gasteiger partial charge in [-0.2, -0.15) is 5.10 Å². The van der Waals surface area contributed by atoms with Crippen molar-refractivity contribution in [2.75, 3.05) is 5.43 Å². The van der Waals surface area contributed by atoms with Gasteiger partial charge in [-0.05, 0) is 6.92 Å². The van der Waals surface area contributed by atoms with Gasteiger partial charge in [0.1, 0.15) is 5.82 Å². The van der Waals surface area contributed by atoms with Gasteiger partial charge < -0.3 is 5.43 Å². The molecular formula is C8H10N6. The molecule has 0 spiro atoms. The molecule has 0 bridgehead atoms. The average Bonchev–Trinajstić information content (AvgIpc) is 2.69. The van der Waals surface area contributed by atoms with Gasteiger partial charge in [-0.1, -0.05) is 0 Å². The van der Waals surface area contributed by atoms with E-state index >= 15 is 0 Å². The molecule has 72 valence electrons. The molecule has 14 heavy (non-hydrogen) atoms. The molecule has 2 rings (SSSR count). The van der Waals surface area contributed by atoms with Gasteiger partial charge in [0.05, 0.1) is 11.8 Å². The topological polar surface area (TPSA) is 92.5 Å². The Morgan fingerprint density at radius 3 is 2.93 bits per heavy atom. The van der Waals surface area contributed by atoms with Crippen LogP contribution in [0.5, 0.6) is 0 Å². The molecule has 0 amide bonds. The predicted molar refractivity (Wildman–Crippen MR) is 52.2 cm³/mol. The number of hydrogen-bond acceptors (Lipinski definition) is 5. The summed E-state index contributed by atoms with van der Waals surface area (Å²) >= 11 is 0. The zero-order valence-corrected chi connectivity index (χ0v) is 7.65. The molecule has 0 fully saturated rings. The molecule has 0 aliphatic carbocycles. The van der Waals surface area contributed by atoms with Gasteiger partial charge in [0, 0.05) is 18.0 Å². The molecule has 4 N–H and O–H groups in total. The maximum atomic E-state index is 5.28. The summed E-state index contributed by atoms with van der Waals surface area (Å²) in [5.74, 6) is 6.47. The van der Waals surface area contributed by atoms with Gasteiger partial charge in [0.15, 0.2) is 5.82 Å². The summed E-state index contributed by atoms with van der Waals surface area (Å²) < 4.78 is 0. The van der Waals surface area contributed by atoms with E-state index in [9.17, 15) is 0 Å². The van der Waals surface area contributed by atoms with E-state index in [0.29, 0.717) is 11.6 Å². The maximum Gasteiger partial charge on any atom is 0.164 e. The molecule has 0 unspecified atom stereocenters. The van der Waals surface area contributed by atoms with Crippen LogP contribution < -0.4 is 11.3 Å². The van der Waals surface area contributed by atoms with Crippen molar-refractivity contribution in [1.82, 2.24) is 20.2 Å². The first-order chi connectivity index (χ1) is 6.79. The highest BCUT2D eigenvalue weighted by Crippen LogP contribution is 2.15. The molecule has 0 atom stereocenters. The number of aromatic amines is 1. The maximum absolute atomic E-state index is 5.28. The fourth-order valence-electron chi connectivity index (χ4n) is 1.14. The molecule has 2 aromatic rings. The summed E-state index contributed by atoms with van der Waals surface area (Å²) in [6.45, 7) is 1.88. The smallest absolute Gasteiger partial charge is 0.164 e. The van der Waals surface area contributed by atoms with Gasteiger partial charge in [0.25, 0.3) is 0 Å². The summed E-state index contributed by atoms with van der Waals surface area (Å²) in [5.41, 5.74) is 4.18. The second kappa shape index (κ2) is 3.43. The molecule has 0 radical (unpaired) electrons. The normalized spacial score (nSPS) is 10.1. The molecular weight excluding hydrogens is 180 g/mol. The molecule has 6 heteroatoms. The largest absolute Gasteiger partial charge is 0.308 e. The first kappa shape index (κ1) is 8.64. The van der Waals surface area contributed by atoms with Crippen LogP contribution in [-0.4, -0.2) is 20.2 Å². The van der Waals surface area contributed by atoms with Crippen LogP contribution in [0.3, 0.4) is 0 Å². The molecule has 0 aromatic carbocycles. The summed E-state index contributed by atoms with van der Waals surface area (Å²) in [6, 6.07) is 1.77. The van der Waals surface area contributed by atoms with E-state index in [-0.39, 0.29) is 0 Å². The number of aromatic nitrogens is 4. The van der Waals surface area contributed by atoms with Crippen molar-refractivity contribution in [1.29, 1.82) is 0 Å². The minimum Gasteiger partial charge on any atom is -0.308 e. The van der Waals surface area contributed by atoms with Crippen LogP contribution >= 0.6 is 0 Å². The van der Waals surface area contributed by atoms with Gasteiger partial charge in [-0.15, -0.1) is 0 Å². The lowest BCUT2D eigenvalue weighted by Gasteiger charge is -2.02. The third kappa shape index (κ3) is 1.55. The van der Waals surface area contributed by atoms with Crippen molar-refractivity contribution in [2.45, 2.75) is 6.92 Å². The predicted octanol–water partition coefficient (Wildman–Crippen LogP) is 0.461. The SMILES string of the molecule is Cc1cc(NN)nc(-c2cn[nH]c2)n1. The monoisotopic (exact) mass is 190 g/mol. The number of hydrogen-bond donors (Lipinski definition) is 3. The Morgan fingerprint density at radius 1 is 1.43 bits per heavy atom. The van der Waals surface area contributed by atoms with Crippen LogP contribution in [0.25, 0.3) is 11.4 Å². The number of anilines is 1. The summed E-state index contributed by atoms with van der Waals surface area (Å²) in [4.78, 5) is 8.44. The van der Waals surface area contributed by atoms with Crippen LogP contribution in [0, 0.1) is 6.92 Å². The van der Waals surface area contributed by atoms with Crippen molar-refractivity contribution >= 4 is 5.82 Å². The second-order valence-corrected chi connectivity index (χ2v) is 2.85. The minimum absolute atomic E-state index is 0.591. The molecule has 0 aliphatic heterocycles. The highest BCUT2D eigenvalue weighted by molar-refractivity contribution is 5.55. The van der Waals surface area contributed by atoms with Crippen molar-refractivity contribution in [3.8, 4) is 11.4 Å². The number of rotatable bonds is 2. The molecule has 0 saturated carbocycles. The second-order valence-electron chi connectivity index (χ2n) is 2.85. The van der Waals surface area contributed by atoms with Gasteiger partial charge in [0.2, 0.25) is 0 Å². The van der Waals surface area contributed by atoms with E-state index in [1.807, 2.05) is 6.92 Å². The van der Waals surface area contributed by atoms with Crippen LogP contribution in [0.2, 0.25) is 0 Å². The van der Waals surface area contributed by atoms with Crippen LogP contribution in [0.4, 0.5) is 5.82 Å². The highest BCUT2D eigenvalue weighted by atomic mass is 15.3. The number of nitrogens with one attached hydrogen (secondary N) is 2. The third-order valence-electron chi connectivity index (χ3n) is 1.76. The van der Waals surface area contributed by atoms with Crippen LogP contribution in [0.1, 0.15) is 5.69 Å². The van der Waals surface area contributed by atoms with E-state index in [4.69, 9.17) is 5.84 Å². The number of H-pyrrole nitrogens is 1. The number of nitrogens with two attached hydrogens (primary N) is 1. The Hall–Kier alpha value is -1.95. The molecule has 2 aromatic heterocycles. The van der Waals surface area contributed by atoms with Crippen molar-refractivity contribution < 1.29 is 0 Å². The number of aryl methyl sites for hydroxylation is 1. The Morgan fingerprint density at radius 2 is 2.29 bits per heavy atom. The zero-order valence-electron chi connectivity index (χ0n) is 7.65. The van der Waals surface area contributed by atoms with E-state index in [1.165, 1.54) is 0 Å². The Kier molecular flexibility index (Phi) is 2.11. The highest BCUT2D eigenvalue weighted by Gasteiger charge is 2.04. The molecule has 2 heterocycles. The van der Waals surface area contributed by atoms with Crippen molar-refractivity contribution in [2.24, 2.45) is 5.84 Å². The van der Waals surface area contributed by atoms with Crippen molar-refractivity contribution in [3.05, 3.63) is 24.2 Å². The van der Waals surface area contributed by atoms with Gasteiger partial charge in [-0.25, -0.2) is 15.8 Å². The first-order valence-electron chi connectivity index (χ1n) is 4.11. The molecule has 6 nitrogen and oxygen atoms in total. The van der Waals surface area contributed by atoms with Gasteiger partial charge >= 0.3 is 0 Å². The summed E-state index contributed by atoms with van der Waals surface area (Å²) in [6.07, 6.45) is 3.39. The van der Waals surface area contributed by atoms with E-state index < -0.39 is 0 Å². The number of hydrazine groups is 1. The third-order valence-corrected chi connectivity index (χ3v) is 1.76. The summed E-state index contributed by atoms with van der Waals surface area (Å²) in [7, 11) is 0. The zero-order chi connectivity index (χ0) is 9.97. The van der Waals surface area contributed by atoms with Crippen molar-refractivity contribution in [3.63, 3.8) is 0 Å². The Labute approximate surface area is 80.5 Å². The minimum atomic E-state index is 0.591. The molecule has 0 saturated heterocycles. The van der Waals surface area contributed by atoms with E-state index in [2.05, 4.69) is 25.6 Å². The van der Waals surface area contributed by atoms with Crippen LogP contribution in [0.15, 0.2) is 18.5 Å². The van der Waals surface area contributed by atoms with Gasteiger partial charge in [-0.3, -0.25) is 5.10 Å². The number of nitrogen functional groups attached to an aromatic ring is 1. The Bertz CT molecular complexity index is 421. The first-order valence-corrected chi connectivity index (χ1v) is 4.11. The number of nitrogens with zero attached hydrogens (tertiary/aromatic N) is 3. The fraction of sp³-hybridized carbons (Fsp3) is 0.125. The van der Waals surface area contributed by atoms with E-state index in [1.54, 1.807) is 18.5 Å².